The first-order chi connectivity index (χ1) is 11.1. The number of alkyl halides is 3. The topological polar surface area (TPSA) is 116 Å². The van der Waals surface area contributed by atoms with Gasteiger partial charge in [0.1, 0.15) is 6.04 Å². The average Bonchev–Trinajstić information content (AvgIpc) is 2.52. The van der Waals surface area contributed by atoms with Crippen LogP contribution in [0.3, 0.4) is 0 Å². The second-order valence-corrected chi connectivity index (χ2v) is 5.25. The number of benzene rings is 1. The molecule has 9 heteroatoms. The zero-order chi connectivity index (χ0) is 18.5. The summed E-state index contributed by atoms with van der Waals surface area (Å²) in [4.78, 5) is 23.2. The molecule has 0 radical (unpaired) electrons. The summed E-state index contributed by atoms with van der Waals surface area (Å²) in [7, 11) is 0. The summed E-state index contributed by atoms with van der Waals surface area (Å²) in [5.41, 5.74) is 4.13. The number of carbonyl (C=O) groups is 2. The molecule has 0 heterocycles. The van der Waals surface area contributed by atoms with E-state index in [1.54, 1.807) is 0 Å². The van der Waals surface area contributed by atoms with Gasteiger partial charge in [0.2, 0.25) is 5.91 Å². The lowest BCUT2D eigenvalue weighted by molar-refractivity contribution is -0.137. The number of nitriles is 1. The predicted octanol–water partition coefficient (Wildman–Crippen LogP) is 1.26. The summed E-state index contributed by atoms with van der Waals surface area (Å²) in [6, 6.07) is 4.09. The standard InChI is InChI=1S/C15H16F3N3O3/c1-8(7-19)6-11(13(20)23)21-14(24)12(22)9-2-4-10(5-3-9)15(16,17)18/h2-5,8,11-12,22H,6H2,1H3,(H2,20,23)(H,21,24)/t8-,11+,12+/m1/s1. The first-order valence-electron chi connectivity index (χ1n) is 6.90. The molecule has 1 aromatic rings. The molecule has 0 aliphatic heterocycles. The summed E-state index contributed by atoms with van der Waals surface area (Å²) in [6.45, 7) is 1.52. The lowest BCUT2D eigenvalue weighted by Crippen LogP contribution is -2.46. The zero-order valence-corrected chi connectivity index (χ0v) is 12.7. The van der Waals surface area contributed by atoms with E-state index >= 15 is 0 Å². The normalized spacial score (nSPS) is 15.0. The van der Waals surface area contributed by atoms with Gasteiger partial charge in [0.25, 0.3) is 5.91 Å². The molecule has 24 heavy (non-hydrogen) atoms. The van der Waals surface area contributed by atoms with Crippen molar-refractivity contribution in [3.05, 3.63) is 35.4 Å². The number of primary amides is 1. The van der Waals surface area contributed by atoms with Crippen LogP contribution in [0, 0.1) is 17.2 Å². The van der Waals surface area contributed by atoms with Crippen molar-refractivity contribution in [1.29, 1.82) is 5.26 Å². The summed E-state index contributed by atoms with van der Waals surface area (Å²) >= 11 is 0. The van der Waals surface area contributed by atoms with Crippen molar-refractivity contribution in [2.24, 2.45) is 11.7 Å². The van der Waals surface area contributed by atoms with E-state index in [-0.39, 0.29) is 12.0 Å². The van der Waals surface area contributed by atoms with Crippen molar-refractivity contribution >= 4 is 11.8 Å². The molecular weight excluding hydrogens is 327 g/mol. The van der Waals surface area contributed by atoms with Crippen LogP contribution in [0.5, 0.6) is 0 Å². The Kier molecular flexibility index (Phi) is 6.31. The molecule has 0 fully saturated rings. The third kappa shape index (κ3) is 5.24. The Morgan fingerprint density at radius 2 is 1.88 bits per heavy atom. The molecule has 2 amide bonds. The molecule has 0 spiro atoms. The van der Waals surface area contributed by atoms with Gasteiger partial charge >= 0.3 is 6.18 Å². The molecule has 0 saturated heterocycles. The molecule has 1 rings (SSSR count). The van der Waals surface area contributed by atoms with Crippen molar-refractivity contribution in [2.75, 3.05) is 0 Å². The third-order valence-corrected chi connectivity index (χ3v) is 3.27. The predicted molar refractivity (Wildman–Crippen MR) is 76.9 cm³/mol. The number of nitrogens with zero attached hydrogens (tertiary/aromatic N) is 1. The zero-order valence-electron chi connectivity index (χ0n) is 12.7. The maximum absolute atomic E-state index is 12.5. The molecule has 0 bridgehead atoms. The van der Waals surface area contributed by atoms with Crippen LogP contribution in [0.15, 0.2) is 24.3 Å². The van der Waals surface area contributed by atoms with E-state index in [9.17, 15) is 27.9 Å². The number of amides is 2. The number of hydrogen-bond donors (Lipinski definition) is 3. The van der Waals surface area contributed by atoms with Crippen LogP contribution < -0.4 is 11.1 Å². The van der Waals surface area contributed by atoms with E-state index in [2.05, 4.69) is 5.32 Å². The molecule has 1 aromatic carbocycles. The molecule has 0 unspecified atom stereocenters. The highest BCUT2D eigenvalue weighted by Crippen LogP contribution is 2.30. The Morgan fingerprint density at radius 3 is 2.29 bits per heavy atom. The SMILES string of the molecule is C[C@@H](C#N)C[C@H](NC(=O)[C@@H](O)c1ccc(C(F)(F)F)cc1)C(N)=O. The molecule has 0 aliphatic rings. The molecular formula is C15H16F3N3O3. The van der Waals surface area contributed by atoms with Gasteiger partial charge in [-0.15, -0.1) is 0 Å². The van der Waals surface area contributed by atoms with E-state index in [0.29, 0.717) is 0 Å². The van der Waals surface area contributed by atoms with E-state index in [1.165, 1.54) is 6.92 Å². The largest absolute Gasteiger partial charge is 0.416 e. The fourth-order valence-electron chi connectivity index (χ4n) is 1.91. The van der Waals surface area contributed by atoms with Crippen molar-refractivity contribution < 1.29 is 27.9 Å². The first-order valence-corrected chi connectivity index (χ1v) is 6.90. The van der Waals surface area contributed by atoms with Crippen LogP contribution in [-0.4, -0.2) is 23.0 Å². The van der Waals surface area contributed by atoms with Crippen LogP contribution in [-0.2, 0) is 15.8 Å². The van der Waals surface area contributed by atoms with Crippen LogP contribution in [0.1, 0.15) is 30.6 Å². The smallest absolute Gasteiger partial charge is 0.378 e. The second-order valence-electron chi connectivity index (χ2n) is 5.25. The number of nitrogens with two attached hydrogens (primary N) is 1. The minimum absolute atomic E-state index is 0.0443. The van der Waals surface area contributed by atoms with Gasteiger partial charge in [-0.25, -0.2) is 0 Å². The molecule has 3 atom stereocenters. The minimum atomic E-state index is -4.53. The van der Waals surface area contributed by atoms with Gasteiger partial charge in [-0.1, -0.05) is 12.1 Å². The van der Waals surface area contributed by atoms with Gasteiger partial charge in [-0.2, -0.15) is 18.4 Å². The summed E-state index contributed by atoms with van der Waals surface area (Å²) in [6.07, 6.45) is -6.35. The number of halogens is 3. The Bertz CT molecular complexity index is 638. The monoisotopic (exact) mass is 343 g/mol. The number of nitrogens with one attached hydrogen (secondary N) is 1. The number of hydrogen-bond acceptors (Lipinski definition) is 4. The lowest BCUT2D eigenvalue weighted by atomic mass is 10.0. The van der Waals surface area contributed by atoms with Gasteiger partial charge in [0, 0.05) is 5.92 Å². The fraction of sp³-hybridized carbons (Fsp3) is 0.400. The summed E-state index contributed by atoms with van der Waals surface area (Å²) in [5.74, 6) is -2.44. The van der Waals surface area contributed by atoms with Gasteiger partial charge in [0.15, 0.2) is 6.10 Å². The van der Waals surface area contributed by atoms with Crippen LogP contribution >= 0.6 is 0 Å². The molecule has 0 aliphatic carbocycles. The van der Waals surface area contributed by atoms with Gasteiger partial charge in [-0.05, 0) is 31.0 Å². The van der Waals surface area contributed by atoms with Crippen molar-refractivity contribution in [1.82, 2.24) is 5.32 Å². The van der Waals surface area contributed by atoms with Crippen LogP contribution in [0.4, 0.5) is 13.2 Å². The van der Waals surface area contributed by atoms with E-state index in [1.807, 2.05) is 6.07 Å². The van der Waals surface area contributed by atoms with Gasteiger partial charge in [-0.3, -0.25) is 9.59 Å². The van der Waals surface area contributed by atoms with Crippen molar-refractivity contribution in [2.45, 2.75) is 31.7 Å². The highest BCUT2D eigenvalue weighted by atomic mass is 19.4. The quantitative estimate of drug-likeness (QED) is 0.721. The van der Waals surface area contributed by atoms with Crippen LogP contribution in [0.25, 0.3) is 0 Å². The minimum Gasteiger partial charge on any atom is -0.378 e. The third-order valence-electron chi connectivity index (χ3n) is 3.27. The Morgan fingerprint density at radius 1 is 1.33 bits per heavy atom. The molecule has 4 N–H and O–H groups in total. The maximum Gasteiger partial charge on any atom is 0.416 e. The van der Waals surface area contributed by atoms with Gasteiger partial charge in [0.05, 0.1) is 11.6 Å². The maximum atomic E-state index is 12.5. The second kappa shape index (κ2) is 7.79. The van der Waals surface area contributed by atoms with E-state index < -0.39 is 41.6 Å². The molecule has 6 nitrogen and oxygen atoms in total. The Hall–Kier alpha value is -2.60. The average molecular weight is 343 g/mol. The molecule has 130 valence electrons. The number of aliphatic hydroxyl groups is 1. The van der Waals surface area contributed by atoms with Crippen molar-refractivity contribution in [3.8, 4) is 6.07 Å². The van der Waals surface area contributed by atoms with Crippen molar-refractivity contribution in [3.63, 3.8) is 0 Å². The summed E-state index contributed by atoms with van der Waals surface area (Å²) in [5, 5.41) is 20.8. The van der Waals surface area contributed by atoms with Crippen LogP contribution in [0.2, 0.25) is 0 Å². The number of rotatable bonds is 6. The van der Waals surface area contributed by atoms with Gasteiger partial charge < -0.3 is 16.2 Å². The lowest BCUT2D eigenvalue weighted by Gasteiger charge is -2.19. The number of aliphatic hydroxyl groups excluding tert-OH is 1. The highest BCUT2D eigenvalue weighted by Gasteiger charge is 2.31. The Balaban J connectivity index is 2.83. The highest BCUT2D eigenvalue weighted by molar-refractivity contribution is 5.89. The Labute approximate surface area is 136 Å². The molecule has 0 aromatic heterocycles. The first kappa shape index (κ1) is 19.4. The number of carbonyl (C=O) groups excluding carboxylic acids is 2. The van der Waals surface area contributed by atoms with E-state index in [4.69, 9.17) is 11.0 Å². The fourth-order valence-corrected chi connectivity index (χ4v) is 1.91. The molecule has 0 saturated carbocycles. The van der Waals surface area contributed by atoms with E-state index in [0.717, 1.165) is 24.3 Å². The summed E-state index contributed by atoms with van der Waals surface area (Å²) < 4.78 is 37.4.